The van der Waals surface area contributed by atoms with Crippen molar-refractivity contribution in [2.45, 2.75) is 19.3 Å². The molecule has 0 radical (unpaired) electrons. The highest BCUT2D eigenvalue weighted by Gasteiger charge is 2.12. The van der Waals surface area contributed by atoms with Gasteiger partial charge in [-0.1, -0.05) is 6.07 Å². The second-order valence-electron chi connectivity index (χ2n) is 7.03. The average molecular weight is 404 g/mol. The summed E-state index contributed by atoms with van der Waals surface area (Å²) in [4.78, 5) is 22.9. The van der Waals surface area contributed by atoms with Crippen molar-refractivity contribution in [3.63, 3.8) is 0 Å². The number of pyridine rings is 2. The largest absolute Gasteiger partial charge is 0.484 e. The summed E-state index contributed by atoms with van der Waals surface area (Å²) in [6.45, 7) is 2.02. The molecular formula is C23H24N4O3. The number of hydrogen-bond acceptors (Lipinski definition) is 6. The Morgan fingerprint density at radius 2 is 1.73 bits per heavy atom. The standard InChI is InChI=1S/C23H24N4O3/c28-22(26-21-12-7-18(16-25-21)27-14-4-1-5-15-27)17-29-19-8-10-20(11-9-19)30-23-6-2-3-13-24-23/h2-3,6-13,16H,1,4-5,14-15,17H2,(H,25,26,28). The molecule has 0 saturated carbocycles. The van der Waals surface area contributed by atoms with Gasteiger partial charge < -0.3 is 19.7 Å². The van der Waals surface area contributed by atoms with Crippen molar-refractivity contribution in [1.29, 1.82) is 0 Å². The third-order valence-corrected chi connectivity index (χ3v) is 4.79. The number of amides is 1. The van der Waals surface area contributed by atoms with Gasteiger partial charge in [0.05, 0.1) is 11.9 Å². The van der Waals surface area contributed by atoms with Gasteiger partial charge in [-0.15, -0.1) is 0 Å². The lowest BCUT2D eigenvalue weighted by molar-refractivity contribution is -0.118. The van der Waals surface area contributed by atoms with Crippen LogP contribution >= 0.6 is 0 Å². The van der Waals surface area contributed by atoms with E-state index in [0.29, 0.717) is 23.2 Å². The first-order chi connectivity index (χ1) is 14.8. The van der Waals surface area contributed by atoms with E-state index in [0.717, 1.165) is 18.8 Å². The Bertz CT molecular complexity index is 940. The van der Waals surface area contributed by atoms with Crippen molar-refractivity contribution in [1.82, 2.24) is 9.97 Å². The summed E-state index contributed by atoms with van der Waals surface area (Å²) < 4.78 is 11.2. The molecule has 30 heavy (non-hydrogen) atoms. The molecule has 0 unspecified atom stereocenters. The Kier molecular flexibility index (Phi) is 6.39. The van der Waals surface area contributed by atoms with E-state index in [2.05, 4.69) is 20.2 Å². The van der Waals surface area contributed by atoms with Crippen molar-refractivity contribution in [2.75, 3.05) is 29.9 Å². The molecule has 0 aliphatic carbocycles. The van der Waals surface area contributed by atoms with Gasteiger partial charge in [0, 0.05) is 25.4 Å². The maximum Gasteiger partial charge on any atom is 0.263 e. The van der Waals surface area contributed by atoms with Gasteiger partial charge in [0.1, 0.15) is 17.3 Å². The minimum absolute atomic E-state index is 0.101. The van der Waals surface area contributed by atoms with Crippen molar-refractivity contribution in [3.05, 3.63) is 67.0 Å². The predicted molar refractivity (Wildman–Crippen MR) is 115 cm³/mol. The first kappa shape index (κ1) is 19.7. The van der Waals surface area contributed by atoms with Crippen LogP contribution in [0.3, 0.4) is 0 Å². The molecule has 1 fully saturated rings. The number of benzene rings is 1. The molecule has 2 aromatic heterocycles. The molecule has 4 rings (SSSR count). The lowest BCUT2D eigenvalue weighted by Gasteiger charge is -2.28. The molecule has 1 aliphatic rings. The van der Waals surface area contributed by atoms with Crippen molar-refractivity contribution in [2.24, 2.45) is 0 Å². The molecule has 1 saturated heterocycles. The third-order valence-electron chi connectivity index (χ3n) is 4.79. The molecule has 3 heterocycles. The van der Waals surface area contributed by atoms with Gasteiger partial charge in [-0.25, -0.2) is 9.97 Å². The van der Waals surface area contributed by atoms with Crippen molar-refractivity contribution < 1.29 is 14.3 Å². The number of ether oxygens (including phenoxy) is 2. The fraction of sp³-hybridized carbons (Fsp3) is 0.261. The summed E-state index contributed by atoms with van der Waals surface area (Å²) in [5, 5.41) is 2.76. The summed E-state index contributed by atoms with van der Waals surface area (Å²) in [5.41, 5.74) is 1.09. The van der Waals surface area contributed by atoms with Gasteiger partial charge in [-0.3, -0.25) is 4.79 Å². The molecule has 7 heteroatoms. The molecule has 7 nitrogen and oxygen atoms in total. The number of nitrogens with one attached hydrogen (secondary N) is 1. The second-order valence-corrected chi connectivity index (χ2v) is 7.03. The highest BCUT2D eigenvalue weighted by atomic mass is 16.5. The minimum atomic E-state index is -0.262. The maximum absolute atomic E-state index is 12.2. The Hall–Kier alpha value is -3.61. The molecule has 1 amide bonds. The number of hydrogen-bond donors (Lipinski definition) is 1. The van der Waals surface area contributed by atoms with Crippen LogP contribution in [0.15, 0.2) is 67.0 Å². The molecule has 154 valence electrons. The highest BCUT2D eigenvalue weighted by molar-refractivity contribution is 5.91. The van der Waals surface area contributed by atoms with Crippen LogP contribution in [-0.2, 0) is 4.79 Å². The number of piperidine rings is 1. The average Bonchev–Trinajstić information content (AvgIpc) is 2.80. The van der Waals surface area contributed by atoms with Crippen molar-refractivity contribution in [3.8, 4) is 17.4 Å². The van der Waals surface area contributed by atoms with Crippen LogP contribution in [-0.4, -0.2) is 35.6 Å². The van der Waals surface area contributed by atoms with E-state index in [4.69, 9.17) is 9.47 Å². The Morgan fingerprint density at radius 3 is 2.43 bits per heavy atom. The molecule has 0 bridgehead atoms. The van der Waals surface area contributed by atoms with Gasteiger partial charge in [-0.2, -0.15) is 0 Å². The summed E-state index contributed by atoms with van der Waals surface area (Å²) in [7, 11) is 0. The molecule has 0 spiro atoms. The fourth-order valence-corrected chi connectivity index (χ4v) is 3.26. The summed E-state index contributed by atoms with van der Waals surface area (Å²) >= 11 is 0. The van der Waals surface area contributed by atoms with Gasteiger partial charge in [0.2, 0.25) is 5.88 Å². The number of carbonyl (C=O) groups excluding carboxylic acids is 1. The van der Waals surface area contributed by atoms with Crippen LogP contribution < -0.4 is 19.7 Å². The topological polar surface area (TPSA) is 76.6 Å². The lowest BCUT2D eigenvalue weighted by atomic mass is 10.1. The van der Waals surface area contributed by atoms with Crippen LogP contribution in [0, 0.1) is 0 Å². The first-order valence-corrected chi connectivity index (χ1v) is 10.1. The number of rotatable bonds is 7. The molecule has 1 aliphatic heterocycles. The van der Waals surface area contributed by atoms with E-state index in [1.54, 1.807) is 36.5 Å². The number of carbonyl (C=O) groups is 1. The first-order valence-electron chi connectivity index (χ1n) is 10.1. The van der Waals surface area contributed by atoms with E-state index >= 15 is 0 Å². The van der Waals surface area contributed by atoms with Gasteiger partial charge in [0.25, 0.3) is 5.91 Å². The minimum Gasteiger partial charge on any atom is -0.484 e. The zero-order valence-corrected chi connectivity index (χ0v) is 16.7. The lowest BCUT2D eigenvalue weighted by Crippen LogP contribution is -2.29. The molecule has 3 aromatic rings. The predicted octanol–water partition coefficient (Wildman–Crippen LogP) is 4.28. The molecule has 0 atom stereocenters. The van der Waals surface area contributed by atoms with Gasteiger partial charge >= 0.3 is 0 Å². The summed E-state index contributed by atoms with van der Waals surface area (Å²) in [6.07, 6.45) is 7.19. The third kappa shape index (κ3) is 5.47. The smallest absolute Gasteiger partial charge is 0.263 e. The van der Waals surface area contributed by atoms with E-state index in [1.165, 1.54) is 19.3 Å². The van der Waals surface area contributed by atoms with Crippen LogP contribution in [0.25, 0.3) is 0 Å². The quantitative estimate of drug-likeness (QED) is 0.634. The van der Waals surface area contributed by atoms with Gasteiger partial charge in [-0.05, 0) is 61.7 Å². The van der Waals surface area contributed by atoms with Crippen LogP contribution in [0.5, 0.6) is 17.4 Å². The Labute approximate surface area is 175 Å². The maximum atomic E-state index is 12.2. The van der Waals surface area contributed by atoms with E-state index < -0.39 is 0 Å². The fourth-order valence-electron chi connectivity index (χ4n) is 3.26. The normalized spacial score (nSPS) is 13.5. The van der Waals surface area contributed by atoms with Crippen LogP contribution in [0.4, 0.5) is 11.5 Å². The number of nitrogens with zero attached hydrogens (tertiary/aromatic N) is 3. The van der Waals surface area contributed by atoms with E-state index in [1.807, 2.05) is 30.5 Å². The van der Waals surface area contributed by atoms with Gasteiger partial charge in [0.15, 0.2) is 6.61 Å². The zero-order chi connectivity index (χ0) is 20.6. The SMILES string of the molecule is O=C(COc1ccc(Oc2ccccn2)cc1)Nc1ccc(N2CCCCC2)cn1. The Morgan fingerprint density at radius 1 is 0.933 bits per heavy atom. The molecule has 1 aromatic carbocycles. The van der Waals surface area contributed by atoms with Crippen molar-refractivity contribution >= 4 is 17.4 Å². The monoisotopic (exact) mass is 404 g/mol. The summed E-state index contributed by atoms with van der Waals surface area (Å²) in [6, 6.07) is 16.3. The van der Waals surface area contributed by atoms with Crippen LogP contribution in [0.1, 0.15) is 19.3 Å². The second kappa shape index (κ2) is 9.73. The number of anilines is 2. The van der Waals surface area contributed by atoms with Crippen LogP contribution in [0.2, 0.25) is 0 Å². The molecular weight excluding hydrogens is 380 g/mol. The Balaban J connectivity index is 1.24. The van der Waals surface area contributed by atoms with E-state index in [-0.39, 0.29) is 12.5 Å². The van der Waals surface area contributed by atoms with E-state index in [9.17, 15) is 4.79 Å². The zero-order valence-electron chi connectivity index (χ0n) is 16.7. The molecule has 1 N–H and O–H groups in total. The highest BCUT2D eigenvalue weighted by Crippen LogP contribution is 2.22. The summed E-state index contributed by atoms with van der Waals surface area (Å²) in [5.74, 6) is 1.99. The number of aromatic nitrogens is 2.